The molecule has 0 aliphatic carbocycles. The number of nitrogens with zero attached hydrogens (tertiary/aromatic N) is 4. The maximum absolute atomic E-state index is 6.06. The van der Waals surface area contributed by atoms with E-state index in [1.54, 1.807) is 19.6 Å². The summed E-state index contributed by atoms with van der Waals surface area (Å²) in [7, 11) is 1.69. The number of benzene rings is 1. The topological polar surface area (TPSA) is 64.3 Å². The average Bonchev–Trinajstić information content (AvgIpc) is 3.05. The molecule has 0 bridgehead atoms. The Hall–Kier alpha value is -2.99. The van der Waals surface area contributed by atoms with Crippen molar-refractivity contribution < 1.29 is 9.15 Å². The van der Waals surface area contributed by atoms with Gasteiger partial charge >= 0.3 is 0 Å². The van der Waals surface area contributed by atoms with Gasteiger partial charge in [0, 0.05) is 38.0 Å². The molecule has 0 atom stereocenters. The van der Waals surface area contributed by atoms with Crippen LogP contribution in [0.1, 0.15) is 5.56 Å². The summed E-state index contributed by atoms with van der Waals surface area (Å²) >= 11 is 0. The van der Waals surface area contributed by atoms with Gasteiger partial charge in [0.05, 0.1) is 6.61 Å². The Bertz CT molecular complexity index is 984. The van der Waals surface area contributed by atoms with Crippen molar-refractivity contribution in [3.05, 3.63) is 60.7 Å². The van der Waals surface area contributed by atoms with Gasteiger partial charge in [0.15, 0.2) is 11.4 Å². The van der Waals surface area contributed by atoms with Crippen LogP contribution in [-0.4, -0.2) is 35.2 Å². The number of hydrogen-bond donors (Lipinski definition) is 0. The highest BCUT2D eigenvalue weighted by Gasteiger charge is 2.18. The molecule has 6 nitrogen and oxygen atoms in total. The lowest BCUT2D eigenvalue weighted by Crippen LogP contribution is -2.27. The standard InChI is InChI=1S/C19H18N4O2/c1-24-10-9-23(12-14-5-4-8-20-11-14)19-18-17(21-13-22-19)15-6-2-3-7-16(15)25-18/h2-8,11,13H,9-10,12H2,1H3. The van der Waals surface area contributed by atoms with Crippen LogP contribution >= 0.6 is 0 Å². The second-order valence-electron chi connectivity index (χ2n) is 5.75. The molecule has 0 radical (unpaired) electrons. The van der Waals surface area contributed by atoms with Gasteiger partial charge in [-0.05, 0) is 23.8 Å². The van der Waals surface area contributed by atoms with Crippen molar-refractivity contribution in [1.82, 2.24) is 15.0 Å². The van der Waals surface area contributed by atoms with Crippen molar-refractivity contribution >= 4 is 27.9 Å². The number of aromatic nitrogens is 3. The fourth-order valence-electron chi connectivity index (χ4n) is 2.91. The minimum Gasteiger partial charge on any atom is -0.450 e. The van der Waals surface area contributed by atoms with E-state index in [9.17, 15) is 0 Å². The van der Waals surface area contributed by atoms with Gasteiger partial charge in [-0.25, -0.2) is 9.97 Å². The Morgan fingerprint density at radius 3 is 2.88 bits per heavy atom. The third-order valence-corrected chi connectivity index (χ3v) is 4.10. The number of ether oxygens (including phenoxy) is 1. The Balaban J connectivity index is 1.80. The van der Waals surface area contributed by atoms with Gasteiger partial charge in [-0.3, -0.25) is 4.98 Å². The molecule has 0 amide bonds. The first-order valence-corrected chi connectivity index (χ1v) is 8.12. The summed E-state index contributed by atoms with van der Waals surface area (Å²) in [6, 6.07) is 11.9. The lowest BCUT2D eigenvalue weighted by Gasteiger charge is -2.23. The molecule has 4 rings (SSSR count). The van der Waals surface area contributed by atoms with E-state index in [4.69, 9.17) is 9.15 Å². The summed E-state index contributed by atoms with van der Waals surface area (Å²) in [4.78, 5) is 15.2. The average molecular weight is 334 g/mol. The first-order valence-electron chi connectivity index (χ1n) is 8.12. The highest BCUT2D eigenvalue weighted by atomic mass is 16.5. The number of methoxy groups -OCH3 is 1. The summed E-state index contributed by atoms with van der Waals surface area (Å²) in [6.07, 6.45) is 5.21. The molecule has 25 heavy (non-hydrogen) atoms. The fraction of sp³-hybridized carbons (Fsp3) is 0.211. The van der Waals surface area contributed by atoms with Crippen molar-refractivity contribution in [1.29, 1.82) is 0 Å². The molecule has 0 fully saturated rings. The SMILES string of the molecule is COCCN(Cc1cccnc1)c1ncnc2c1oc1ccccc12. The summed E-state index contributed by atoms with van der Waals surface area (Å²) < 4.78 is 11.3. The Morgan fingerprint density at radius 1 is 1.12 bits per heavy atom. The molecule has 0 N–H and O–H groups in total. The van der Waals surface area contributed by atoms with Crippen LogP contribution in [-0.2, 0) is 11.3 Å². The van der Waals surface area contributed by atoms with Crippen LogP contribution in [0.4, 0.5) is 5.82 Å². The predicted molar refractivity (Wildman–Crippen MR) is 96.5 cm³/mol. The first-order chi connectivity index (χ1) is 12.4. The monoisotopic (exact) mass is 334 g/mol. The maximum Gasteiger partial charge on any atom is 0.196 e. The van der Waals surface area contributed by atoms with Gasteiger partial charge in [-0.15, -0.1) is 0 Å². The predicted octanol–water partition coefficient (Wildman–Crippen LogP) is 3.42. The van der Waals surface area contributed by atoms with Crippen LogP contribution in [0.15, 0.2) is 59.5 Å². The van der Waals surface area contributed by atoms with Gasteiger partial charge < -0.3 is 14.1 Å². The quantitative estimate of drug-likeness (QED) is 0.538. The van der Waals surface area contributed by atoms with Crippen molar-refractivity contribution in [2.75, 3.05) is 25.2 Å². The van der Waals surface area contributed by atoms with Gasteiger partial charge in [-0.1, -0.05) is 18.2 Å². The molecule has 126 valence electrons. The van der Waals surface area contributed by atoms with E-state index >= 15 is 0 Å². The van der Waals surface area contributed by atoms with E-state index in [2.05, 4.69) is 19.9 Å². The molecule has 0 aliphatic rings. The van der Waals surface area contributed by atoms with E-state index in [0.29, 0.717) is 25.3 Å². The lowest BCUT2D eigenvalue weighted by atomic mass is 10.2. The molecule has 6 heteroatoms. The van der Waals surface area contributed by atoms with E-state index < -0.39 is 0 Å². The minimum atomic E-state index is 0.589. The molecule has 3 aromatic heterocycles. The third kappa shape index (κ3) is 3.04. The van der Waals surface area contributed by atoms with Crippen LogP contribution in [0.5, 0.6) is 0 Å². The molecule has 4 aromatic rings. The smallest absolute Gasteiger partial charge is 0.196 e. The number of rotatable bonds is 6. The molecule has 0 aliphatic heterocycles. The van der Waals surface area contributed by atoms with Crippen molar-refractivity contribution in [3.8, 4) is 0 Å². The van der Waals surface area contributed by atoms with Gasteiger partial charge in [0.2, 0.25) is 0 Å². The number of furan rings is 1. The van der Waals surface area contributed by atoms with Gasteiger partial charge in [-0.2, -0.15) is 0 Å². The normalized spacial score (nSPS) is 11.2. The number of anilines is 1. The first kappa shape index (κ1) is 15.5. The van der Waals surface area contributed by atoms with Crippen molar-refractivity contribution in [2.24, 2.45) is 0 Å². The van der Waals surface area contributed by atoms with Crippen molar-refractivity contribution in [3.63, 3.8) is 0 Å². The maximum atomic E-state index is 6.06. The summed E-state index contributed by atoms with van der Waals surface area (Å²) in [6.45, 7) is 1.95. The second-order valence-corrected chi connectivity index (χ2v) is 5.75. The molecule has 0 saturated carbocycles. The Kier molecular flexibility index (Phi) is 4.26. The largest absolute Gasteiger partial charge is 0.450 e. The zero-order chi connectivity index (χ0) is 17.1. The third-order valence-electron chi connectivity index (χ3n) is 4.10. The van der Waals surface area contributed by atoms with Crippen molar-refractivity contribution in [2.45, 2.75) is 6.54 Å². The van der Waals surface area contributed by atoms with E-state index in [-0.39, 0.29) is 0 Å². The molecule has 0 saturated heterocycles. The van der Waals surface area contributed by atoms with Gasteiger partial charge in [0.25, 0.3) is 0 Å². The number of pyridine rings is 1. The zero-order valence-corrected chi connectivity index (χ0v) is 13.9. The van der Waals surface area contributed by atoms with Crippen LogP contribution < -0.4 is 4.90 Å². The minimum absolute atomic E-state index is 0.589. The zero-order valence-electron chi connectivity index (χ0n) is 13.9. The molecule has 0 spiro atoms. The summed E-state index contributed by atoms with van der Waals surface area (Å²) in [5.41, 5.74) is 3.44. The van der Waals surface area contributed by atoms with E-state index in [1.807, 2.05) is 42.6 Å². The number of para-hydroxylation sites is 1. The molecule has 1 aromatic carbocycles. The summed E-state index contributed by atoms with van der Waals surface area (Å²) in [5.74, 6) is 0.766. The molecular weight excluding hydrogens is 316 g/mol. The number of fused-ring (bicyclic) bond motifs is 3. The van der Waals surface area contributed by atoms with Crippen LogP contribution in [0.2, 0.25) is 0 Å². The highest BCUT2D eigenvalue weighted by molar-refractivity contribution is 6.05. The second kappa shape index (κ2) is 6.86. The van der Waals surface area contributed by atoms with Crippen LogP contribution in [0, 0.1) is 0 Å². The molecule has 0 unspecified atom stereocenters. The highest BCUT2D eigenvalue weighted by Crippen LogP contribution is 2.32. The van der Waals surface area contributed by atoms with E-state index in [0.717, 1.165) is 27.9 Å². The lowest BCUT2D eigenvalue weighted by molar-refractivity contribution is 0.205. The number of hydrogen-bond acceptors (Lipinski definition) is 6. The molecular formula is C19H18N4O2. The Morgan fingerprint density at radius 2 is 2.04 bits per heavy atom. The van der Waals surface area contributed by atoms with Crippen LogP contribution in [0.25, 0.3) is 22.1 Å². The van der Waals surface area contributed by atoms with Gasteiger partial charge in [0.1, 0.15) is 17.4 Å². The molecule has 3 heterocycles. The summed E-state index contributed by atoms with van der Waals surface area (Å²) in [5, 5.41) is 0.995. The van der Waals surface area contributed by atoms with Crippen LogP contribution in [0.3, 0.4) is 0 Å². The van der Waals surface area contributed by atoms with E-state index in [1.165, 1.54) is 0 Å². The fourth-order valence-corrected chi connectivity index (χ4v) is 2.91. The Labute approximate surface area is 145 Å².